The van der Waals surface area contributed by atoms with E-state index in [2.05, 4.69) is 12.0 Å². The zero-order chi connectivity index (χ0) is 20.6. The molecule has 3 aromatic rings. The molecule has 0 saturated carbocycles. The molecule has 0 spiro atoms. The Hall–Kier alpha value is -2.80. The number of likely N-dealkylation sites (N-methyl/N-ethyl adjacent to an activating group) is 1. The van der Waals surface area contributed by atoms with Crippen LogP contribution in [0.25, 0.3) is 11.3 Å². The van der Waals surface area contributed by atoms with E-state index >= 15 is 0 Å². The van der Waals surface area contributed by atoms with E-state index in [0.717, 1.165) is 36.2 Å². The first-order valence-corrected chi connectivity index (χ1v) is 9.47. The van der Waals surface area contributed by atoms with Gasteiger partial charge in [-0.25, -0.2) is 4.39 Å². The van der Waals surface area contributed by atoms with Crippen molar-refractivity contribution >= 4 is 11.5 Å². The summed E-state index contributed by atoms with van der Waals surface area (Å²) in [5, 5.41) is 0. The van der Waals surface area contributed by atoms with Gasteiger partial charge in [-0.3, -0.25) is 4.48 Å². The molecular weight excluding hydrogens is 382 g/mol. The van der Waals surface area contributed by atoms with Crippen molar-refractivity contribution in [2.45, 2.75) is 6.18 Å². The number of aromatic amines is 1. The molecule has 7 heteroatoms. The van der Waals surface area contributed by atoms with E-state index in [1.807, 2.05) is 17.0 Å². The summed E-state index contributed by atoms with van der Waals surface area (Å²) in [6.45, 7) is 2.84. The number of hydrogen-bond donors (Lipinski definition) is 1. The van der Waals surface area contributed by atoms with E-state index < -0.39 is 11.7 Å². The summed E-state index contributed by atoms with van der Waals surface area (Å²) in [5.41, 5.74) is 1.81. The fourth-order valence-corrected chi connectivity index (χ4v) is 3.78. The first-order valence-electron chi connectivity index (χ1n) is 9.47. The van der Waals surface area contributed by atoms with E-state index in [9.17, 15) is 17.6 Å². The monoisotopic (exact) mass is 404 g/mol. The number of hydrogen-bond acceptors (Lipinski definition) is 1. The Balaban J connectivity index is 1.48. The van der Waals surface area contributed by atoms with Crippen molar-refractivity contribution in [1.29, 1.82) is 0 Å². The third kappa shape index (κ3) is 4.00. The Morgan fingerprint density at radius 3 is 2.28 bits per heavy atom. The van der Waals surface area contributed by atoms with Crippen LogP contribution in [0.5, 0.6) is 0 Å². The average Bonchev–Trinajstić information content (AvgIpc) is 3.20. The number of aromatic nitrogens is 1. The van der Waals surface area contributed by atoms with Crippen LogP contribution in [0, 0.1) is 5.82 Å². The highest BCUT2D eigenvalue weighted by atomic mass is 19.4. The Morgan fingerprint density at radius 1 is 0.931 bits per heavy atom. The van der Waals surface area contributed by atoms with Crippen molar-refractivity contribution in [2.24, 2.45) is 0 Å². The third-order valence-electron chi connectivity index (χ3n) is 5.67. The Bertz CT molecular complexity index is 984. The molecule has 3 nitrogen and oxygen atoms in total. The summed E-state index contributed by atoms with van der Waals surface area (Å²) in [4.78, 5) is 5.42. The highest BCUT2D eigenvalue weighted by molar-refractivity contribution is 5.63. The lowest BCUT2D eigenvalue weighted by Gasteiger charge is -2.41. The zero-order valence-corrected chi connectivity index (χ0v) is 16.0. The molecule has 1 fully saturated rings. The number of benzene rings is 2. The number of rotatable bonds is 3. The normalized spacial score (nSPS) is 16.8. The van der Waals surface area contributed by atoms with Crippen molar-refractivity contribution < 1.29 is 17.6 Å². The van der Waals surface area contributed by atoms with Crippen LogP contribution in [-0.4, -0.2) is 38.2 Å². The highest BCUT2D eigenvalue weighted by Crippen LogP contribution is 2.33. The second-order valence-electron chi connectivity index (χ2n) is 7.64. The number of H-pyrrole nitrogens is 1. The molecule has 1 aliphatic rings. The molecule has 0 bridgehead atoms. The second kappa shape index (κ2) is 7.22. The third-order valence-corrected chi connectivity index (χ3v) is 5.67. The van der Waals surface area contributed by atoms with Crippen LogP contribution in [0.15, 0.2) is 60.7 Å². The lowest BCUT2D eigenvalue weighted by molar-refractivity contribution is -0.137. The van der Waals surface area contributed by atoms with Crippen molar-refractivity contribution in [3.05, 3.63) is 72.0 Å². The lowest BCUT2D eigenvalue weighted by atomic mass is 10.1. The molecule has 1 aliphatic heterocycles. The van der Waals surface area contributed by atoms with Crippen LogP contribution in [-0.2, 0) is 6.18 Å². The van der Waals surface area contributed by atoms with Crippen LogP contribution in [0.4, 0.5) is 29.1 Å². The van der Waals surface area contributed by atoms with Gasteiger partial charge in [0, 0.05) is 11.8 Å². The van der Waals surface area contributed by atoms with Gasteiger partial charge in [0.05, 0.1) is 31.4 Å². The topological polar surface area (TPSA) is 19.0 Å². The minimum absolute atomic E-state index is 0.273. The van der Waals surface area contributed by atoms with Gasteiger partial charge < -0.3 is 9.88 Å². The Morgan fingerprint density at radius 2 is 1.62 bits per heavy atom. The van der Waals surface area contributed by atoms with E-state index in [0.29, 0.717) is 23.3 Å². The molecule has 2 aromatic carbocycles. The molecule has 0 atom stereocenters. The van der Waals surface area contributed by atoms with Crippen LogP contribution in [0.1, 0.15) is 5.56 Å². The van der Waals surface area contributed by atoms with Crippen molar-refractivity contribution in [3.8, 4) is 11.3 Å². The number of quaternary nitrogens is 1. The molecule has 1 saturated heterocycles. The smallest absolute Gasteiger partial charge is 0.360 e. The van der Waals surface area contributed by atoms with Crippen molar-refractivity contribution in [3.63, 3.8) is 0 Å². The minimum atomic E-state index is -4.34. The van der Waals surface area contributed by atoms with Crippen LogP contribution in [0.2, 0.25) is 0 Å². The first kappa shape index (κ1) is 19.5. The summed E-state index contributed by atoms with van der Waals surface area (Å²) in [5.74, 6) is 0.762. The van der Waals surface area contributed by atoms with E-state index in [4.69, 9.17) is 0 Å². The molecule has 29 heavy (non-hydrogen) atoms. The summed E-state index contributed by atoms with van der Waals surface area (Å²) >= 11 is 0. The summed E-state index contributed by atoms with van der Waals surface area (Å²) in [6, 6.07) is 15.8. The SMILES string of the molecule is C[N+]1(c2ccc(-c3ccc(F)cc3)[nH]2)CCN(c2cccc(C(F)(F)F)c2)CC1. The largest absolute Gasteiger partial charge is 0.416 e. The van der Waals surface area contributed by atoms with Gasteiger partial charge in [0.2, 0.25) is 5.82 Å². The number of piperazine rings is 1. The average molecular weight is 404 g/mol. The van der Waals surface area contributed by atoms with Crippen molar-refractivity contribution in [1.82, 2.24) is 9.47 Å². The Labute approximate surface area is 166 Å². The van der Waals surface area contributed by atoms with Gasteiger partial charge in [-0.2, -0.15) is 13.2 Å². The molecular formula is C22H22F4N3+. The molecule has 4 rings (SSSR count). The quantitative estimate of drug-likeness (QED) is 0.464. The molecule has 0 unspecified atom stereocenters. The number of anilines is 1. The van der Waals surface area contributed by atoms with E-state index in [1.165, 1.54) is 24.3 Å². The summed E-state index contributed by atoms with van der Waals surface area (Å²) in [6.07, 6.45) is -4.34. The van der Waals surface area contributed by atoms with Crippen LogP contribution in [0.3, 0.4) is 0 Å². The molecule has 1 aromatic heterocycles. The maximum absolute atomic E-state index is 13.1. The predicted octanol–water partition coefficient (Wildman–Crippen LogP) is 5.30. The number of nitrogens with one attached hydrogen (secondary N) is 1. The first-order chi connectivity index (χ1) is 13.7. The summed E-state index contributed by atoms with van der Waals surface area (Å²) in [7, 11) is 2.11. The van der Waals surface area contributed by atoms with Gasteiger partial charge in [0.15, 0.2) is 0 Å². The second-order valence-corrected chi connectivity index (χ2v) is 7.64. The van der Waals surface area contributed by atoms with Crippen LogP contribution < -0.4 is 9.38 Å². The summed E-state index contributed by atoms with van der Waals surface area (Å²) < 4.78 is 52.8. The minimum Gasteiger partial charge on any atom is -0.360 e. The fourth-order valence-electron chi connectivity index (χ4n) is 3.78. The van der Waals surface area contributed by atoms with Gasteiger partial charge in [0.1, 0.15) is 18.9 Å². The molecule has 1 N–H and O–H groups in total. The van der Waals surface area contributed by atoms with E-state index in [-0.39, 0.29) is 5.82 Å². The fraction of sp³-hybridized carbons (Fsp3) is 0.273. The van der Waals surface area contributed by atoms with Gasteiger partial charge >= 0.3 is 6.18 Å². The Kier molecular flexibility index (Phi) is 4.86. The number of halogens is 4. The molecule has 0 aliphatic carbocycles. The van der Waals surface area contributed by atoms with Crippen molar-refractivity contribution in [2.75, 3.05) is 38.1 Å². The molecule has 2 heterocycles. The van der Waals surface area contributed by atoms with Gasteiger partial charge in [-0.05, 0) is 54.1 Å². The molecule has 0 amide bonds. The highest BCUT2D eigenvalue weighted by Gasteiger charge is 2.34. The maximum Gasteiger partial charge on any atom is 0.416 e. The number of alkyl halides is 3. The lowest BCUT2D eigenvalue weighted by Crippen LogP contribution is -2.58. The van der Waals surface area contributed by atoms with Crippen LogP contribution >= 0.6 is 0 Å². The van der Waals surface area contributed by atoms with E-state index in [1.54, 1.807) is 18.2 Å². The molecule has 0 radical (unpaired) electrons. The predicted molar refractivity (Wildman–Crippen MR) is 107 cm³/mol. The number of nitrogens with zero attached hydrogens (tertiary/aromatic N) is 2. The standard InChI is InChI=1S/C22H22F4N3/c1-29(21-10-9-20(27-21)16-5-7-18(23)8-6-16)13-11-28(12-14-29)19-4-2-3-17(15-19)22(24,25)26/h2-10,15,27H,11-14H2,1H3/q+1. The molecule has 152 valence electrons. The van der Waals surface area contributed by atoms with Gasteiger partial charge in [0.25, 0.3) is 0 Å². The zero-order valence-electron chi connectivity index (χ0n) is 16.0. The maximum atomic E-state index is 13.1. The van der Waals surface area contributed by atoms with Gasteiger partial charge in [-0.1, -0.05) is 6.07 Å². The van der Waals surface area contributed by atoms with Gasteiger partial charge in [-0.15, -0.1) is 0 Å².